The number of rotatable bonds is 1. The summed E-state index contributed by atoms with van der Waals surface area (Å²) >= 11 is 0. The van der Waals surface area contributed by atoms with Crippen molar-refractivity contribution in [3.8, 4) is 5.75 Å². The van der Waals surface area contributed by atoms with Gasteiger partial charge in [0, 0.05) is 32.7 Å². The van der Waals surface area contributed by atoms with Gasteiger partial charge in [0.1, 0.15) is 5.75 Å². The van der Waals surface area contributed by atoms with Crippen molar-refractivity contribution in [2.24, 2.45) is 5.73 Å². The van der Waals surface area contributed by atoms with Gasteiger partial charge >= 0.3 is 0 Å². The number of anilines is 2. The van der Waals surface area contributed by atoms with Crippen molar-refractivity contribution in [2.75, 3.05) is 37.5 Å². The molecule has 1 heterocycles. The molecule has 5 nitrogen and oxygen atoms in total. The third kappa shape index (κ3) is 2.56. The summed E-state index contributed by atoms with van der Waals surface area (Å²) in [6.45, 7) is 0.884. The number of fused-ring (bicyclic) bond motifs is 1. The van der Waals surface area contributed by atoms with Crippen molar-refractivity contribution in [3.63, 3.8) is 0 Å². The Kier molecular flexibility index (Phi) is 3.72. The molecule has 0 saturated carbocycles. The lowest BCUT2D eigenvalue weighted by Gasteiger charge is -2.23. The molecule has 0 aliphatic carbocycles. The van der Waals surface area contributed by atoms with E-state index in [0.29, 0.717) is 19.6 Å². The largest absolute Gasteiger partial charge is 0.491 e. The minimum absolute atomic E-state index is 0.0449. The number of benzene rings is 1. The highest BCUT2D eigenvalue weighted by atomic mass is 16.5. The van der Waals surface area contributed by atoms with Crippen molar-refractivity contribution in [1.82, 2.24) is 0 Å². The fraction of sp³-hybridized carbons (Fsp3) is 0.462. The van der Waals surface area contributed by atoms with Gasteiger partial charge in [-0.3, -0.25) is 4.79 Å². The predicted octanol–water partition coefficient (Wildman–Crippen LogP) is 0.843. The summed E-state index contributed by atoms with van der Waals surface area (Å²) in [7, 11) is 3.78. The predicted molar refractivity (Wildman–Crippen MR) is 72.4 cm³/mol. The normalized spacial score (nSPS) is 20.3. The summed E-state index contributed by atoms with van der Waals surface area (Å²) in [6.07, 6.45) is 0.363. The van der Waals surface area contributed by atoms with Crippen LogP contribution in [0.1, 0.15) is 6.42 Å². The van der Waals surface area contributed by atoms with Crippen LogP contribution in [0.2, 0.25) is 0 Å². The molecule has 1 atom stereocenters. The Morgan fingerprint density at radius 2 is 2.28 bits per heavy atom. The number of ketones is 1. The maximum Gasteiger partial charge on any atom is 0.154 e. The number of carbonyl (C=O) groups excluding carboxylic acids is 1. The second kappa shape index (κ2) is 5.27. The molecule has 1 aliphatic rings. The molecule has 1 aromatic rings. The monoisotopic (exact) mass is 249 g/mol. The molecule has 3 N–H and O–H groups in total. The van der Waals surface area contributed by atoms with Crippen LogP contribution in [0.15, 0.2) is 18.2 Å². The molecule has 5 heteroatoms. The Morgan fingerprint density at radius 1 is 1.50 bits per heavy atom. The molecule has 0 radical (unpaired) electrons. The zero-order valence-corrected chi connectivity index (χ0v) is 10.8. The second-order valence-electron chi connectivity index (χ2n) is 4.48. The number of hydrogen-bond acceptors (Lipinski definition) is 5. The quantitative estimate of drug-likeness (QED) is 0.772. The molecule has 1 aliphatic heterocycles. The summed E-state index contributed by atoms with van der Waals surface area (Å²) < 4.78 is 5.65. The van der Waals surface area contributed by atoms with Crippen molar-refractivity contribution in [2.45, 2.75) is 12.5 Å². The minimum Gasteiger partial charge on any atom is -0.491 e. The lowest BCUT2D eigenvalue weighted by Crippen LogP contribution is -2.41. The van der Waals surface area contributed by atoms with E-state index >= 15 is 0 Å². The van der Waals surface area contributed by atoms with E-state index in [2.05, 4.69) is 5.32 Å². The molecule has 0 aromatic heterocycles. The maximum atomic E-state index is 11.7. The molecule has 18 heavy (non-hydrogen) atoms. The first kappa shape index (κ1) is 12.7. The molecular formula is C13H19N3O2. The van der Waals surface area contributed by atoms with Crippen molar-refractivity contribution in [3.05, 3.63) is 18.2 Å². The van der Waals surface area contributed by atoms with E-state index in [4.69, 9.17) is 10.5 Å². The standard InChI is InChI=1S/C13H19N3O2/c1-15-9-3-4-13-11(7-9)16(2)8-10(14)12(17)5-6-18-13/h3-4,7,10,15H,5-6,8,14H2,1-2H3/t10-/m0/s1. The first-order chi connectivity index (χ1) is 8.61. The highest BCUT2D eigenvalue weighted by Crippen LogP contribution is 2.31. The van der Waals surface area contributed by atoms with E-state index in [1.54, 1.807) is 0 Å². The maximum absolute atomic E-state index is 11.7. The topological polar surface area (TPSA) is 67.6 Å². The summed E-state index contributed by atoms with van der Waals surface area (Å²) in [5.41, 5.74) is 7.83. The van der Waals surface area contributed by atoms with Crippen LogP contribution in [-0.4, -0.2) is 39.1 Å². The summed E-state index contributed by atoms with van der Waals surface area (Å²) in [4.78, 5) is 13.7. The number of carbonyl (C=O) groups is 1. The molecule has 0 bridgehead atoms. The fourth-order valence-corrected chi connectivity index (χ4v) is 2.04. The van der Waals surface area contributed by atoms with Gasteiger partial charge in [-0.05, 0) is 18.2 Å². The first-order valence-electron chi connectivity index (χ1n) is 6.06. The SMILES string of the molecule is CNc1ccc2c(c1)N(C)C[C@H](N)C(=O)CCO2. The second-order valence-corrected chi connectivity index (χ2v) is 4.48. The van der Waals surface area contributed by atoms with Gasteiger partial charge in [-0.2, -0.15) is 0 Å². The Bertz CT molecular complexity index is 448. The smallest absolute Gasteiger partial charge is 0.154 e. The molecule has 1 aromatic carbocycles. The number of likely N-dealkylation sites (N-methyl/N-ethyl adjacent to an activating group) is 1. The Labute approximate surface area is 107 Å². The molecule has 2 rings (SSSR count). The first-order valence-corrected chi connectivity index (χ1v) is 6.06. The Morgan fingerprint density at radius 3 is 3.00 bits per heavy atom. The number of nitrogens with one attached hydrogen (secondary N) is 1. The molecule has 0 spiro atoms. The van der Waals surface area contributed by atoms with Crippen LogP contribution in [0, 0.1) is 0 Å². The van der Waals surface area contributed by atoms with Crippen LogP contribution >= 0.6 is 0 Å². The van der Waals surface area contributed by atoms with Crippen LogP contribution < -0.4 is 20.7 Å². The van der Waals surface area contributed by atoms with Gasteiger partial charge in [0.15, 0.2) is 5.78 Å². The average molecular weight is 249 g/mol. The Hall–Kier alpha value is -1.75. The number of nitrogens with two attached hydrogens (primary N) is 1. The van der Waals surface area contributed by atoms with Crippen LogP contribution in [0.3, 0.4) is 0 Å². The summed E-state index contributed by atoms with van der Waals surface area (Å²) in [5.74, 6) is 0.835. The van der Waals surface area contributed by atoms with Crippen molar-refractivity contribution >= 4 is 17.2 Å². The molecule has 0 saturated heterocycles. The van der Waals surface area contributed by atoms with E-state index < -0.39 is 6.04 Å². The van der Waals surface area contributed by atoms with Gasteiger partial charge in [-0.1, -0.05) is 0 Å². The van der Waals surface area contributed by atoms with Gasteiger partial charge in [0.05, 0.1) is 18.3 Å². The number of hydrogen-bond donors (Lipinski definition) is 2. The lowest BCUT2D eigenvalue weighted by molar-refractivity contribution is -0.120. The zero-order valence-electron chi connectivity index (χ0n) is 10.8. The van der Waals surface area contributed by atoms with E-state index in [0.717, 1.165) is 17.1 Å². The highest BCUT2D eigenvalue weighted by Gasteiger charge is 2.20. The summed E-state index contributed by atoms with van der Waals surface area (Å²) in [5, 5.41) is 3.09. The third-order valence-electron chi connectivity index (χ3n) is 3.15. The molecular weight excluding hydrogens is 230 g/mol. The van der Waals surface area contributed by atoms with Crippen LogP contribution in [0.5, 0.6) is 5.75 Å². The van der Waals surface area contributed by atoms with E-state index in [9.17, 15) is 4.79 Å². The van der Waals surface area contributed by atoms with Crippen molar-refractivity contribution in [1.29, 1.82) is 0 Å². The molecule has 98 valence electrons. The summed E-state index contributed by atoms with van der Waals surface area (Å²) in [6, 6.07) is 5.41. The zero-order chi connectivity index (χ0) is 13.1. The van der Waals surface area contributed by atoms with Gasteiger partial charge in [0.25, 0.3) is 0 Å². The third-order valence-corrected chi connectivity index (χ3v) is 3.15. The van der Waals surface area contributed by atoms with Crippen LogP contribution in [0.25, 0.3) is 0 Å². The van der Waals surface area contributed by atoms with Crippen LogP contribution in [-0.2, 0) is 4.79 Å². The lowest BCUT2D eigenvalue weighted by atomic mass is 10.1. The average Bonchev–Trinajstić information content (AvgIpc) is 2.42. The molecule has 0 unspecified atom stereocenters. The highest BCUT2D eigenvalue weighted by molar-refractivity contribution is 5.85. The van der Waals surface area contributed by atoms with Gasteiger partial charge in [0.2, 0.25) is 0 Å². The van der Waals surface area contributed by atoms with Gasteiger partial charge < -0.3 is 20.7 Å². The molecule has 0 amide bonds. The molecule has 0 fully saturated rings. The number of nitrogens with zero attached hydrogens (tertiary/aromatic N) is 1. The minimum atomic E-state index is -0.456. The number of ether oxygens (including phenoxy) is 1. The number of Topliss-reactive ketones (excluding diaryl/α,β-unsaturated/α-hetero) is 1. The van der Waals surface area contributed by atoms with E-state index in [-0.39, 0.29) is 5.78 Å². The van der Waals surface area contributed by atoms with E-state index in [1.165, 1.54) is 0 Å². The van der Waals surface area contributed by atoms with Gasteiger partial charge in [-0.25, -0.2) is 0 Å². The van der Waals surface area contributed by atoms with Gasteiger partial charge in [-0.15, -0.1) is 0 Å². The van der Waals surface area contributed by atoms with Crippen molar-refractivity contribution < 1.29 is 9.53 Å². The Balaban J connectivity index is 2.34. The fourth-order valence-electron chi connectivity index (χ4n) is 2.04. The van der Waals surface area contributed by atoms with E-state index in [1.807, 2.05) is 37.2 Å². The van der Waals surface area contributed by atoms with Crippen LogP contribution in [0.4, 0.5) is 11.4 Å².